The van der Waals surface area contributed by atoms with Crippen LogP contribution in [0.25, 0.3) is 16.7 Å². The number of aryl methyl sites for hydroxylation is 1. The summed E-state index contributed by atoms with van der Waals surface area (Å²) in [6.45, 7) is 2.51. The number of carbonyl (C=O) groups is 1. The Hall–Kier alpha value is -3.54. The van der Waals surface area contributed by atoms with Crippen molar-refractivity contribution >= 4 is 16.8 Å². The highest BCUT2D eigenvalue weighted by atomic mass is 16.1. The Morgan fingerprint density at radius 2 is 1.92 bits per heavy atom. The fourth-order valence-corrected chi connectivity index (χ4v) is 2.78. The lowest BCUT2D eigenvalue weighted by atomic mass is 10.1. The number of hydrogen-bond acceptors (Lipinski definition) is 4. The van der Waals surface area contributed by atoms with Gasteiger partial charge in [-0.2, -0.15) is 5.10 Å². The van der Waals surface area contributed by atoms with E-state index in [2.05, 4.69) is 20.4 Å². The topological polar surface area (TPSA) is 72.7 Å². The number of fused-ring (bicyclic) bond motifs is 1. The van der Waals surface area contributed by atoms with Crippen molar-refractivity contribution in [1.29, 1.82) is 0 Å². The Labute approximate surface area is 150 Å². The Balaban J connectivity index is 1.67. The standard InChI is InChI=1S/C20H17N5O/c1-14-6-8-15(9-7-14)11-22-20(26)17-10-19(25-13-21-12-23-25)24-18-5-3-2-4-16(17)18/h2-10,12-13H,11H2,1H3,(H,22,26). The number of pyridine rings is 1. The number of hydrogen-bond donors (Lipinski definition) is 1. The Bertz CT molecular complexity index is 1060. The first-order valence-electron chi connectivity index (χ1n) is 8.29. The molecule has 0 atom stereocenters. The summed E-state index contributed by atoms with van der Waals surface area (Å²) in [4.78, 5) is 21.4. The molecular formula is C20H17N5O. The van der Waals surface area contributed by atoms with Crippen LogP contribution in [0.4, 0.5) is 0 Å². The third-order valence-corrected chi connectivity index (χ3v) is 4.17. The molecular weight excluding hydrogens is 326 g/mol. The Kier molecular flexibility index (Phi) is 4.15. The first-order valence-corrected chi connectivity index (χ1v) is 8.29. The minimum absolute atomic E-state index is 0.148. The van der Waals surface area contributed by atoms with Gasteiger partial charge in [-0.15, -0.1) is 0 Å². The predicted octanol–water partition coefficient (Wildman–Crippen LogP) is 3.05. The van der Waals surface area contributed by atoms with Crippen LogP contribution in [0.3, 0.4) is 0 Å². The summed E-state index contributed by atoms with van der Waals surface area (Å²) in [5, 5.41) is 7.90. The monoisotopic (exact) mass is 343 g/mol. The zero-order valence-corrected chi connectivity index (χ0v) is 14.3. The molecule has 0 radical (unpaired) electrons. The number of nitrogens with one attached hydrogen (secondary N) is 1. The van der Waals surface area contributed by atoms with Crippen LogP contribution in [0.15, 0.2) is 67.3 Å². The Morgan fingerprint density at radius 1 is 1.12 bits per heavy atom. The fraction of sp³-hybridized carbons (Fsp3) is 0.100. The normalized spacial score (nSPS) is 10.8. The lowest BCUT2D eigenvalue weighted by molar-refractivity contribution is 0.0952. The molecule has 26 heavy (non-hydrogen) atoms. The van der Waals surface area contributed by atoms with Crippen molar-refractivity contribution in [2.45, 2.75) is 13.5 Å². The van der Waals surface area contributed by atoms with Gasteiger partial charge in [0.25, 0.3) is 5.91 Å². The van der Waals surface area contributed by atoms with Crippen LogP contribution < -0.4 is 5.32 Å². The molecule has 0 fully saturated rings. The number of rotatable bonds is 4. The van der Waals surface area contributed by atoms with E-state index in [9.17, 15) is 4.79 Å². The average molecular weight is 343 g/mol. The van der Waals surface area contributed by atoms with Gasteiger partial charge in [-0.3, -0.25) is 4.79 Å². The van der Waals surface area contributed by atoms with E-state index >= 15 is 0 Å². The second-order valence-electron chi connectivity index (χ2n) is 6.05. The number of carbonyl (C=O) groups excluding carboxylic acids is 1. The zero-order chi connectivity index (χ0) is 17.9. The van der Waals surface area contributed by atoms with Crippen molar-refractivity contribution in [3.05, 3.63) is 83.9 Å². The van der Waals surface area contributed by atoms with E-state index in [1.807, 2.05) is 55.5 Å². The SMILES string of the molecule is Cc1ccc(CNC(=O)c2cc(-n3cncn3)nc3ccccc23)cc1. The van der Waals surface area contributed by atoms with Crippen molar-refractivity contribution in [3.63, 3.8) is 0 Å². The summed E-state index contributed by atoms with van der Waals surface area (Å²) < 4.78 is 1.54. The van der Waals surface area contributed by atoms with Crippen molar-refractivity contribution in [3.8, 4) is 5.82 Å². The molecule has 0 bridgehead atoms. The van der Waals surface area contributed by atoms with Gasteiger partial charge in [0.1, 0.15) is 12.7 Å². The molecule has 1 N–H and O–H groups in total. The highest BCUT2D eigenvalue weighted by Crippen LogP contribution is 2.20. The van der Waals surface area contributed by atoms with Gasteiger partial charge in [-0.1, -0.05) is 48.0 Å². The van der Waals surface area contributed by atoms with Gasteiger partial charge in [0.15, 0.2) is 5.82 Å². The van der Waals surface area contributed by atoms with Crippen molar-refractivity contribution < 1.29 is 4.79 Å². The fourth-order valence-electron chi connectivity index (χ4n) is 2.78. The summed E-state index contributed by atoms with van der Waals surface area (Å²) in [7, 11) is 0. The maximum absolute atomic E-state index is 12.8. The first-order chi connectivity index (χ1) is 12.7. The third-order valence-electron chi connectivity index (χ3n) is 4.17. The van der Waals surface area contributed by atoms with Crippen LogP contribution in [-0.4, -0.2) is 25.7 Å². The largest absolute Gasteiger partial charge is 0.348 e. The van der Waals surface area contributed by atoms with Gasteiger partial charge >= 0.3 is 0 Å². The summed E-state index contributed by atoms with van der Waals surface area (Å²) in [5.74, 6) is 0.409. The van der Waals surface area contributed by atoms with Crippen LogP contribution >= 0.6 is 0 Å². The van der Waals surface area contributed by atoms with E-state index in [-0.39, 0.29) is 5.91 Å². The molecule has 0 saturated carbocycles. The quantitative estimate of drug-likeness (QED) is 0.618. The lowest BCUT2D eigenvalue weighted by Crippen LogP contribution is -2.23. The van der Waals surface area contributed by atoms with E-state index in [1.54, 1.807) is 17.1 Å². The van der Waals surface area contributed by atoms with Crippen molar-refractivity contribution in [2.24, 2.45) is 0 Å². The molecule has 2 aromatic carbocycles. The highest BCUT2D eigenvalue weighted by molar-refractivity contribution is 6.06. The number of para-hydroxylation sites is 1. The van der Waals surface area contributed by atoms with Gasteiger partial charge in [-0.05, 0) is 24.6 Å². The molecule has 0 unspecified atom stereocenters. The average Bonchev–Trinajstić information content (AvgIpc) is 3.21. The zero-order valence-electron chi connectivity index (χ0n) is 14.3. The van der Waals surface area contributed by atoms with Crippen LogP contribution in [-0.2, 0) is 6.54 Å². The van der Waals surface area contributed by atoms with E-state index in [1.165, 1.54) is 11.9 Å². The molecule has 6 heteroatoms. The summed E-state index contributed by atoms with van der Waals surface area (Å²) >= 11 is 0. The van der Waals surface area contributed by atoms with Crippen LogP contribution in [0.1, 0.15) is 21.5 Å². The molecule has 4 rings (SSSR count). The van der Waals surface area contributed by atoms with Gasteiger partial charge in [-0.25, -0.2) is 14.6 Å². The van der Waals surface area contributed by atoms with Gasteiger partial charge in [0, 0.05) is 11.9 Å². The van der Waals surface area contributed by atoms with Crippen LogP contribution in [0, 0.1) is 6.92 Å². The molecule has 0 spiro atoms. The molecule has 0 aliphatic heterocycles. The maximum Gasteiger partial charge on any atom is 0.252 e. The van der Waals surface area contributed by atoms with E-state index in [4.69, 9.17) is 0 Å². The second-order valence-corrected chi connectivity index (χ2v) is 6.05. The number of aromatic nitrogens is 4. The summed E-state index contributed by atoms with van der Waals surface area (Å²) in [6.07, 6.45) is 3.00. The van der Waals surface area contributed by atoms with Gasteiger partial charge in [0.2, 0.25) is 0 Å². The second kappa shape index (κ2) is 6.76. The summed E-state index contributed by atoms with van der Waals surface area (Å²) in [5.41, 5.74) is 3.55. The molecule has 2 aromatic heterocycles. The molecule has 0 saturated heterocycles. The van der Waals surface area contributed by atoms with Crippen LogP contribution in [0.5, 0.6) is 0 Å². The lowest BCUT2D eigenvalue weighted by Gasteiger charge is -2.10. The smallest absolute Gasteiger partial charge is 0.252 e. The van der Waals surface area contributed by atoms with E-state index in [0.29, 0.717) is 17.9 Å². The first kappa shape index (κ1) is 16.0. The maximum atomic E-state index is 12.8. The number of amides is 1. The van der Waals surface area contributed by atoms with Crippen molar-refractivity contribution in [2.75, 3.05) is 0 Å². The molecule has 4 aromatic rings. The molecule has 2 heterocycles. The molecule has 6 nitrogen and oxygen atoms in total. The van der Waals surface area contributed by atoms with E-state index in [0.717, 1.165) is 16.5 Å². The number of nitrogens with zero attached hydrogens (tertiary/aromatic N) is 4. The number of benzene rings is 2. The molecule has 0 aliphatic rings. The predicted molar refractivity (Wildman–Crippen MR) is 99.0 cm³/mol. The highest BCUT2D eigenvalue weighted by Gasteiger charge is 2.14. The minimum atomic E-state index is -0.148. The summed E-state index contributed by atoms with van der Waals surface area (Å²) in [6, 6.07) is 17.4. The Morgan fingerprint density at radius 3 is 2.69 bits per heavy atom. The van der Waals surface area contributed by atoms with Gasteiger partial charge in [0.05, 0.1) is 11.1 Å². The minimum Gasteiger partial charge on any atom is -0.348 e. The molecule has 128 valence electrons. The van der Waals surface area contributed by atoms with Gasteiger partial charge < -0.3 is 5.32 Å². The van der Waals surface area contributed by atoms with Crippen LogP contribution in [0.2, 0.25) is 0 Å². The van der Waals surface area contributed by atoms with Crippen molar-refractivity contribution in [1.82, 2.24) is 25.1 Å². The third kappa shape index (κ3) is 3.17. The molecule has 1 amide bonds. The van der Waals surface area contributed by atoms with E-state index < -0.39 is 0 Å². The molecule has 0 aliphatic carbocycles.